The number of carbonyl (C=O) groups is 1. The monoisotopic (exact) mass is 330 g/mol. The fourth-order valence-electron chi connectivity index (χ4n) is 2.75. The Labute approximate surface area is 139 Å². The number of carbonyl (C=O) groups excluding carboxylic acids is 1. The number of hydrogen-bond donors (Lipinski definition) is 1. The van der Waals surface area contributed by atoms with Crippen LogP contribution in [-0.4, -0.2) is 40.7 Å². The average molecular weight is 330 g/mol. The Balaban J connectivity index is 1.69. The topological polar surface area (TPSA) is 71.3 Å². The molecule has 2 aromatic rings. The smallest absolute Gasteiger partial charge is 0.317 e. The molecular weight excluding hydrogens is 311 g/mol. The van der Waals surface area contributed by atoms with Gasteiger partial charge in [0, 0.05) is 25.2 Å². The molecular formula is C17H19FN4O2. The molecule has 126 valence electrons. The highest BCUT2D eigenvalue weighted by atomic mass is 19.1. The van der Waals surface area contributed by atoms with Crippen molar-refractivity contribution >= 4 is 6.03 Å². The maximum atomic E-state index is 13.0. The zero-order chi connectivity index (χ0) is 16.9. The summed E-state index contributed by atoms with van der Waals surface area (Å²) in [6.45, 7) is 5.27. The highest BCUT2D eigenvalue weighted by Gasteiger charge is 2.28. The number of rotatable bonds is 4. The van der Waals surface area contributed by atoms with Crippen molar-refractivity contribution in [1.29, 1.82) is 0 Å². The number of nitrogens with zero attached hydrogens (tertiary/aromatic N) is 3. The quantitative estimate of drug-likeness (QED) is 0.875. The third kappa shape index (κ3) is 3.61. The molecule has 2 amide bonds. The van der Waals surface area contributed by atoms with Gasteiger partial charge >= 0.3 is 6.03 Å². The minimum absolute atomic E-state index is 0.00919. The van der Waals surface area contributed by atoms with Crippen LogP contribution in [-0.2, 0) is 0 Å². The largest absolute Gasteiger partial charge is 0.339 e. The lowest BCUT2D eigenvalue weighted by atomic mass is 9.98. The van der Waals surface area contributed by atoms with E-state index in [0.717, 1.165) is 12.8 Å². The van der Waals surface area contributed by atoms with Gasteiger partial charge in [0.25, 0.3) is 0 Å². The van der Waals surface area contributed by atoms with E-state index in [9.17, 15) is 9.18 Å². The fourth-order valence-corrected chi connectivity index (χ4v) is 2.75. The van der Waals surface area contributed by atoms with Crippen molar-refractivity contribution in [3.8, 4) is 11.4 Å². The first-order chi connectivity index (χ1) is 11.7. The molecule has 1 aromatic carbocycles. The third-order valence-corrected chi connectivity index (χ3v) is 4.00. The van der Waals surface area contributed by atoms with Gasteiger partial charge < -0.3 is 14.7 Å². The Kier molecular flexibility index (Phi) is 4.88. The number of nitrogens with one attached hydrogen (secondary N) is 1. The van der Waals surface area contributed by atoms with Crippen LogP contribution in [0.15, 0.2) is 41.4 Å². The first-order valence-corrected chi connectivity index (χ1v) is 7.90. The van der Waals surface area contributed by atoms with Crippen molar-refractivity contribution in [3.05, 3.63) is 48.6 Å². The maximum Gasteiger partial charge on any atom is 0.317 e. The van der Waals surface area contributed by atoms with Crippen molar-refractivity contribution in [2.24, 2.45) is 0 Å². The summed E-state index contributed by atoms with van der Waals surface area (Å²) in [7, 11) is 0. The van der Waals surface area contributed by atoms with E-state index in [1.807, 2.05) is 0 Å². The normalized spacial score (nSPS) is 17.5. The molecule has 1 aromatic heterocycles. The minimum Gasteiger partial charge on any atom is -0.339 e. The van der Waals surface area contributed by atoms with Gasteiger partial charge in [0.1, 0.15) is 5.82 Å². The van der Waals surface area contributed by atoms with Crippen molar-refractivity contribution in [1.82, 2.24) is 20.4 Å². The number of benzene rings is 1. The predicted molar refractivity (Wildman–Crippen MR) is 86.8 cm³/mol. The molecule has 1 aliphatic rings. The van der Waals surface area contributed by atoms with E-state index in [-0.39, 0.29) is 17.8 Å². The van der Waals surface area contributed by atoms with E-state index in [1.165, 1.54) is 12.1 Å². The second-order valence-corrected chi connectivity index (χ2v) is 5.72. The van der Waals surface area contributed by atoms with Crippen LogP contribution in [0.2, 0.25) is 0 Å². The molecule has 0 spiro atoms. The molecule has 1 aliphatic heterocycles. The van der Waals surface area contributed by atoms with Crippen molar-refractivity contribution < 1.29 is 13.7 Å². The summed E-state index contributed by atoms with van der Waals surface area (Å²) in [4.78, 5) is 18.2. The molecule has 0 unspecified atom stereocenters. The lowest BCUT2D eigenvalue weighted by molar-refractivity contribution is 0.173. The van der Waals surface area contributed by atoms with E-state index in [2.05, 4.69) is 22.0 Å². The summed E-state index contributed by atoms with van der Waals surface area (Å²) in [5.74, 6) is 0.639. The molecule has 7 heteroatoms. The highest BCUT2D eigenvalue weighted by molar-refractivity contribution is 5.74. The number of likely N-dealkylation sites (tertiary alicyclic amines) is 1. The number of hydrogen-bond acceptors (Lipinski definition) is 4. The van der Waals surface area contributed by atoms with Gasteiger partial charge in [-0.1, -0.05) is 11.2 Å². The van der Waals surface area contributed by atoms with Gasteiger partial charge in [0.2, 0.25) is 11.7 Å². The Hall–Kier alpha value is -2.70. The lowest BCUT2D eigenvalue weighted by Gasteiger charge is -2.30. The molecule has 6 nitrogen and oxygen atoms in total. The first kappa shape index (κ1) is 16.2. The molecule has 1 saturated heterocycles. The molecule has 0 aliphatic carbocycles. The number of aromatic nitrogens is 2. The maximum absolute atomic E-state index is 13.0. The number of piperidine rings is 1. The Bertz CT molecular complexity index is 714. The third-order valence-electron chi connectivity index (χ3n) is 4.00. The Morgan fingerprint density at radius 3 is 3.00 bits per heavy atom. The SMILES string of the molecule is C=CCNC(=O)N1CCC[C@@H](c2nc(-c3ccc(F)cc3)no2)C1. The molecule has 1 atom stereocenters. The molecule has 0 radical (unpaired) electrons. The summed E-state index contributed by atoms with van der Waals surface area (Å²) in [5.41, 5.74) is 0.697. The van der Waals surface area contributed by atoms with Crippen LogP contribution in [0.25, 0.3) is 11.4 Å². The number of halogens is 1. The van der Waals surface area contributed by atoms with Crippen molar-refractivity contribution in [3.63, 3.8) is 0 Å². The predicted octanol–water partition coefficient (Wildman–Crippen LogP) is 2.95. The van der Waals surface area contributed by atoms with E-state index < -0.39 is 0 Å². The number of urea groups is 1. The van der Waals surface area contributed by atoms with Crippen LogP contribution < -0.4 is 5.32 Å². The van der Waals surface area contributed by atoms with E-state index in [4.69, 9.17) is 4.52 Å². The number of amides is 2. The van der Waals surface area contributed by atoms with Crippen LogP contribution in [0.4, 0.5) is 9.18 Å². The van der Waals surface area contributed by atoms with Crippen LogP contribution in [0, 0.1) is 5.82 Å². The summed E-state index contributed by atoms with van der Waals surface area (Å²) in [5, 5.41) is 6.75. The molecule has 2 heterocycles. The van der Waals surface area contributed by atoms with Gasteiger partial charge in [-0.2, -0.15) is 4.98 Å². The second kappa shape index (κ2) is 7.25. The van der Waals surface area contributed by atoms with Gasteiger partial charge in [0.05, 0.1) is 5.92 Å². The molecule has 0 saturated carbocycles. The summed E-state index contributed by atoms with van der Waals surface area (Å²) in [6, 6.07) is 5.83. The van der Waals surface area contributed by atoms with Crippen LogP contribution in [0.5, 0.6) is 0 Å². The molecule has 1 N–H and O–H groups in total. The lowest BCUT2D eigenvalue weighted by Crippen LogP contribution is -2.45. The van der Waals surface area contributed by atoms with Crippen molar-refractivity contribution in [2.45, 2.75) is 18.8 Å². The van der Waals surface area contributed by atoms with Crippen LogP contribution in [0.1, 0.15) is 24.7 Å². The Morgan fingerprint density at radius 1 is 1.46 bits per heavy atom. The van der Waals surface area contributed by atoms with E-state index in [1.54, 1.807) is 23.1 Å². The van der Waals surface area contributed by atoms with Gasteiger partial charge in [-0.3, -0.25) is 0 Å². The fraction of sp³-hybridized carbons (Fsp3) is 0.353. The second-order valence-electron chi connectivity index (χ2n) is 5.72. The average Bonchev–Trinajstić information content (AvgIpc) is 3.10. The standard InChI is InChI=1S/C17H19FN4O2/c1-2-9-19-17(23)22-10-3-4-13(11-22)16-20-15(21-24-16)12-5-7-14(18)8-6-12/h2,5-8,13H,1,3-4,9-11H2,(H,19,23)/t13-/m1/s1. The minimum atomic E-state index is -0.309. The summed E-state index contributed by atoms with van der Waals surface area (Å²) < 4.78 is 18.4. The van der Waals surface area contributed by atoms with Gasteiger partial charge in [-0.15, -0.1) is 6.58 Å². The summed E-state index contributed by atoms with van der Waals surface area (Å²) in [6.07, 6.45) is 3.41. The Morgan fingerprint density at radius 2 is 2.25 bits per heavy atom. The molecule has 3 rings (SSSR count). The van der Waals surface area contributed by atoms with Crippen LogP contribution in [0.3, 0.4) is 0 Å². The summed E-state index contributed by atoms with van der Waals surface area (Å²) >= 11 is 0. The van der Waals surface area contributed by atoms with Gasteiger partial charge in [0.15, 0.2) is 0 Å². The van der Waals surface area contributed by atoms with E-state index >= 15 is 0 Å². The highest BCUT2D eigenvalue weighted by Crippen LogP contribution is 2.27. The van der Waals surface area contributed by atoms with Gasteiger partial charge in [-0.25, -0.2) is 9.18 Å². The first-order valence-electron chi connectivity index (χ1n) is 7.90. The van der Waals surface area contributed by atoms with Crippen molar-refractivity contribution in [2.75, 3.05) is 19.6 Å². The molecule has 1 fully saturated rings. The molecule has 0 bridgehead atoms. The van der Waals surface area contributed by atoms with Crippen LogP contribution >= 0.6 is 0 Å². The van der Waals surface area contributed by atoms with E-state index in [0.29, 0.717) is 36.9 Å². The zero-order valence-corrected chi connectivity index (χ0v) is 13.2. The van der Waals surface area contributed by atoms with Gasteiger partial charge in [-0.05, 0) is 37.1 Å². The zero-order valence-electron chi connectivity index (χ0n) is 13.2. The molecule has 24 heavy (non-hydrogen) atoms.